The van der Waals surface area contributed by atoms with Crippen LogP contribution in [0.2, 0.25) is 0 Å². The van der Waals surface area contributed by atoms with Crippen LogP contribution >= 0.6 is 0 Å². The summed E-state index contributed by atoms with van der Waals surface area (Å²) in [7, 11) is 1.56. The van der Waals surface area contributed by atoms with E-state index in [1.807, 2.05) is 30.3 Å². The maximum atomic E-state index is 12.3. The maximum Gasteiger partial charge on any atom is 0.253 e. The maximum absolute atomic E-state index is 12.3. The summed E-state index contributed by atoms with van der Waals surface area (Å²) in [5.41, 5.74) is 0.878. The number of ether oxygens (including phenoxy) is 2. The molecule has 0 spiro atoms. The largest absolute Gasteiger partial charge is 0.373 e. The molecule has 1 aromatic carbocycles. The highest BCUT2D eigenvalue weighted by atomic mass is 16.5. The van der Waals surface area contributed by atoms with E-state index >= 15 is 0 Å². The highest BCUT2D eigenvalue weighted by molar-refractivity contribution is 5.82. The average molecular weight is 320 g/mol. The predicted octanol–water partition coefficient (Wildman–Crippen LogP) is 1.99. The van der Waals surface area contributed by atoms with E-state index in [1.165, 1.54) is 0 Å². The summed E-state index contributed by atoms with van der Waals surface area (Å²) in [6.45, 7) is 7.76. The van der Waals surface area contributed by atoms with Crippen LogP contribution in [0.1, 0.15) is 31.9 Å². The quantitative estimate of drug-likeness (QED) is 0.781. The zero-order chi connectivity index (χ0) is 16.7. The summed E-state index contributed by atoms with van der Waals surface area (Å²) in [4.78, 5) is 14.7. The SMILES string of the molecule is COC(C(=O)NCCCN1CC(C)OC(C)C1)c1ccccc1. The van der Waals surface area contributed by atoms with Crippen molar-refractivity contribution in [3.05, 3.63) is 35.9 Å². The van der Waals surface area contributed by atoms with Gasteiger partial charge in [-0.3, -0.25) is 9.69 Å². The van der Waals surface area contributed by atoms with E-state index in [4.69, 9.17) is 9.47 Å². The molecule has 1 heterocycles. The third-order valence-corrected chi connectivity index (χ3v) is 4.02. The predicted molar refractivity (Wildman–Crippen MR) is 90.3 cm³/mol. The molecule has 0 bridgehead atoms. The molecule has 1 fully saturated rings. The number of carbonyl (C=O) groups is 1. The lowest BCUT2D eigenvalue weighted by atomic mass is 10.1. The van der Waals surface area contributed by atoms with Gasteiger partial charge in [0.2, 0.25) is 0 Å². The Labute approximate surface area is 139 Å². The van der Waals surface area contributed by atoms with Crippen molar-refractivity contribution < 1.29 is 14.3 Å². The Morgan fingerprint density at radius 3 is 2.57 bits per heavy atom. The molecule has 1 N–H and O–H groups in total. The van der Waals surface area contributed by atoms with E-state index in [9.17, 15) is 4.79 Å². The van der Waals surface area contributed by atoms with E-state index in [0.29, 0.717) is 6.54 Å². The Hall–Kier alpha value is -1.43. The van der Waals surface area contributed by atoms with Gasteiger partial charge < -0.3 is 14.8 Å². The molecule has 23 heavy (non-hydrogen) atoms. The molecule has 0 radical (unpaired) electrons. The Kier molecular flexibility index (Phi) is 7.02. The van der Waals surface area contributed by atoms with Gasteiger partial charge in [-0.1, -0.05) is 30.3 Å². The van der Waals surface area contributed by atoms with Gasteiger partial charge in [0.15, 0.2) is 6.10 Å². The fourth-order valence-electron chi connectivity index (χ4n) is 3.10. The zero-order valence-electron chi connectivity index (χ0n) is 14.3. The minimum atomic E-state index is -0.542. The minimum absolute atomic E-state index is 0.0811. The van der Waals surface area contributed by atoms with Crippen LogP contribution in [-0.2, 0) is 14.3 Å². The molecular formula is C18H28N2O3. The number of hydrogen-bond acceptors (Lipinski definition) is 4. The van der Waals surface area contributed by atoms with Crippen molar-refractivity contribution in [3.8, 4) is 0 Å². The first-order valence-electron chi connectivity index (χ1n) is 8.33. The first-order valence-corrected chi connectivity index (χ1v) is 8.33. The molecule has 5 nitrogen and oxygen atoms in total. The zero-order valence-corrected chi connectivity index (χ0v) is 14.3. The monoisotopic (exact) mass is 320 g/mol. The summed E-state index contributed by atoms with van der Waals surface area (Å²) < 4.78 is 11.1. The number of nitrogens with zero attached hydrogens (tertiary/aromatic N) is 1. The third-order valence-electron chi connectivity index (χ3n) is 4.02. The van der Waals surface area contributed by atoms with E-state index in [0.717, 1.165) is 31.6 Å². The molecule has 1 aliphatic heterocycles. The molecule has 1 aromatic rings. The van der Waals surface area contributed by atoms with E-state index in [-0.39, 0.29) is 18.1 Å². The van der Waals surface area contributed by atoms with Gasteiger partial charge in [0, 0.05) is 33.3 Å². The van der Waals surface area contributed by atoms with E-state index in [2.05, 4.69) is 24.1 Å². The normalized spacial score (nSPS) is 23.4. The molecule has 5 heteroatoms. The summed E-state index contributed by atoms with van der Waals surface area (Å²) >= 11 is 0. The number of amides is 1. The molecule has 0 aromatic heterocycles. The van der Waals surface area contributed by atoms with Crippen molar-refractivity contribution in [3.63, 3.8) is 0 Å². The number of rotatable bonds is 7. The molecular weight excluding hydrogens is 292 g/mol. The van der Waals surface area contributed by atoms with Crippen LogP contribution in [-0.4, -0.2) is 56.3 Å². The summed E-state index contributed by atoms with van der Waals surface area (Å²) in [6, 6.07) is 9.57. The fourth-order valence-corrected chi connectivity index (χ4v) is 3.10. The number of methoxy groups -OCH3 is 1. The summed E-state index contributed by atoms with van der Waals surface area (Å²) in [5.74, 6) is -0.0811. The topological polar surface area (TPSA) is 50.8 Å². The summed E-state index contributed by atoms with van der Waals surface area (Å²) in [6.07, 6.45) is 0.948. The second-order valence-corrected chi connectivity index (χ2v) is 6.19. The number of benzene rings is 1. The molecule has 128 valence electrons. The van der Waals surface area contributed by atoms with Gasteiger partial charge in [0.25, 0.3) is 5.91 Å². The minimum Gasteiger partial charge on any atom is -0.373 e. The lowest BCUT2D eigenvalue weighted by molar-refractivity contribution is -0.131. The second kappa shape index (κ2) is 9.01. The van der Waals surface area contributed by atoms with Crippen molar-refractivity contribution in [2.24, 2.45) is 0 Å². The molecule has 1 saturated heterocycles. The van der Waals surface area contributed by atoms with Crippen LogP contribution in [0.5, 0.6) is 0 Å². The van der Waals surface area contributed by atoms with Crippen LogP contribution in [0.15, 0.2) is 30.3 Å². The molecule has 0 aliphatic carbocycles. The highest BCUT2D eigenvalue weighted by Crippen LogP contribution is 2.16. The molecule has 1 aliphatic rings. The Morgan fingerprint density at radius 2 is 1.96 bits per heavy atom. The number of hydrogen-bond donors (Lipinski definition) is 1. The molecule has 3 atom stereocenters. The van der Waals surface area contributed by atoms with Crippen LogP contribution < -0.4 is 5.32 Å². The first-order chi connectivity index (χ1) is 11.1. The van der Waals surface area contributed by atoms with Crippen molar-refractivity contribution in [2.75, 3.05) is 33.3 Å². The van der Waals surface area contributed by atoms with Gasteiger partial charge >= 0.3 is 0 Å². The summed E-state index contributed by atoms with van der Waals surface area (Å²) in [5, 5.41) is 2.97. The van der Waals surface area contributed by atoms with Crippen molar-refractivity contribution in [2.45, 2.75) is 38.6 Å². The molecule has 2 rings (SSSR count). The number of nitrogens with one attached hydrogen (secondary N) is 1. The van der Waals surface area contributed by atoms with Crippen LogP contribution in [0.4, 0.5) is 0 Å². The lowest BCUT2D eigenvalue weighted by Gasteiger charge is -2.35. The van der Waals surface area contributed by atoms with Crippen molar-refractivity contribution in [1.29, 1.82) is 0 Å². The van der Waals surface area contributed by atoms with Crippen molar-refractivity contribution in [1.82, 2.24) is 10.2 Å². The van der Waals surface area contributed by atoms with Crippen LogP contribution in [0.25, 0.3) is 0 Å². The van der Waals surface area contributed by atoms with Gasteiger partial charge in [-0.15, -0.1) is 0 Å². The standard InChI is InChI=1S/C18H28N2O3/c1-14-12-20(13-15(2)23-14)11-7-10-19-18(21)17(22-3)16-8-5-4-6-9-16/h4-6,8-9,14-15,17H,7,10-13H2,1-3H3,(H,19,21). The average Bonchev–Trinajstić information content (AvgIpc) is 2.52. The third kappa shape index (κ3) is 5.61. The van der Waals surface area contributed by atoms with Gasteiger partial charge in [0.1, 0.15) is 0 Å². The molecule has 1 amide bonds. The Balaban J connectivity index is 1.72. The highest BCUT2D eigenvalue weighted by Gasteiger charge is 2.22. The smallest absolute Gasteiger partial charge is 0.253 e. The lowest BCUT2D eigenvalue weighted by Crippen LogP contribution is -2.46. The van der Waals surface area contributed by atoms with Crippen molar-refractivity contribution >= 4 is 5.91 Å². The van der Waals surface area contributed by atoms with E-state index < -0.39 is 6.10 Å². The van der Waals surface area contributed by atoms with Gasteiger partial charge in [-0.2, -0.15) is 0 Å². The molecule has 3 unspecified atom stereocenters. The number of morpholine rings is 1. The second-order valence-electron chi connectivity index (χ2n) is 6.19. The molecule has 0 saturated carbocycles. The van der Waals surface area contributed by atoms with Gasteiger partial charge in [-0.25, -0.2) is 0 Å². The Morgan fingerprint density at radius 1 is 1.30 bits per heavy atom. The van der Waals surface area contributed by atoms with E-state index in [1.54, 1.807) is 7.11 Å². The number of carbonyl (C=O) groups excluding carboxylic acids is 1. The van der Waals surface area contributed by atoms with Crippen LogP contribution in [0, 0.1) is 0 Å². The first kappa shape index (κ1) is 17.9. The Bertz CT molecular complexity index is 470. The van der Waals surface area contributed by atoms with Gasteiger partial charge in [-0.05, 0) is 25.8 Å². The fraction of sp³-hybridized carbons (Fsp3) is 0.611. The van der Waals surface area contributed by atoms with Gasteiger partial charge in [0.05, 0.1) is 12.2 Å². The van der Waals surface area contributed by atoms with Crippen LogP contribution in [0.3, 0.4) is 0 Å².